The molecule has 208 valence electrons. The Bertz CT molecular complexity index is 1150. The Balaban J connectivity index is 1.56. The second-order valence-electron chi connectivity index (χ2n) is 9.52. The molecule has 2 aromatic rings. The van der Waals surface area contributed by atoms with Crippen molar-refractivity contribution in [1.82, 2.24) is 9.80 Å². The lowest BCUT2D eigenvalue weighted by atomic mass is 10.0. The van der Waals surface area contributed by atoms with Crippen LogP contribution in [-0.2, 0) is 35.0 Å². The van der Waals surface area contributed by atoms with Crippen molar-refractivity contribution < 1.29 is 33.7 Å². The number of halogens is 1. The smallest absolute Gasteiger partial charge is 0.345 e. The van der Waals surface area contributed by atoms with Gasteiger partial charge in [0.1, 0.15) is 5.57 Å². The molecule has 2 fully saturated rings. The van der Waals surface area contributed by atoms with Crippen molar-refractivity contribution in [3.63, 3.8) is 0 Å². The zero-order valence-corrected chi connectivity index (χ0v) is 22.4. The number of morpholine rings is 1. The summed E-state index contributed by atoms with van der Waals surface area (Å²) in [5, 5.41) is 9.72. The van der Waals surface area contributed by atoms with Crippen LogP contribution in [-0.4, -0.2) is 85.0 Å². The molecule has 0 bridgehead atoms. The molecule has 0 radical (unpaired) electrons. The van der Waals surface area contributed by atoms with Crippen LogP contribution in [0.4, 0.5) is 0 Å². The minimum atomic E-state index is -1.41. The summed E-state index contributed by atoms with van der Waals surface area (Å²) in [5.41, 5.74) is 1.45. The number of carboxylic acid groups (broad SMARTS) is 1. The molecule has 4 rings (SSSR count). The number of aliphatic carboxylic acids is 1. The molecule has 2 aromatic carbocycles. The van der Waals surface area contributed by atoms with E-state index in [2.05, 4.69) is 4.90 Å². The van der Waals surface area contributed by atoms with Crippen molar-refractivity contribution in [3.8, 4) is 0 Å². The van der Waals surface area contributed by atoms with Crippen LogP contribution in [0.2, 0.25) is 5.02 Å². The van der Waals surface area contributed by atoms with Gasteiger partial charge in [0, 0.05) is 43.3 Å². The van der Waals surface area contributed by atoms with E-state index >= 15 is 0 Å². The maximum atomic E-state index is 12.8. The van der Waals surface area contributed by atoms with Crippen molar-refractivity contribution in [2.75, 3.05) is 39.4 Å². The van der Waals surface area contributed by atoms with Crippen molar-refractivity contribution in [1.29, 1.82) is 0 Å². The first-order chi connectivity index (χ1) is 18.9. The third-order valence-electron chi connectivity index (χ3n) is 6.94. The van der Waals surface area contributed by atoms with Crippen molar-refractivity contribution >= 4 is 29.8 Å². The van der Waals surface area contributed by atoms with E-state index in [1.165, 1.54) is 0 Å². The second kappa shape index (κ2) is 14.3. The van der Waals surface area contributed by atoms with Crippen LogP contribution in [0.25, 0.3) is 0 Å². The number of ether oxygens (including phenoxy) is 3. The first-order valence-electron chi connectivity index (χ1n) is 13.0. The molecule has 2 heterocycles. The Hall–Kier alpha value is -3.08. The van der Waals surface area contributed by atoms with E-state index in [1.54, 1.807) is 0 Å². The number of carboxylic acids is 1. The third-order valence-corrected chi connectivity index (χ3v) is 7.31. The zero-order valence-electron chi connectivity index (χ0n) is 21.6. The van der Waals surface area contributed by atoms with E-state index < -0.39 is 23.9 Å². The summed E-state index contributed by atoms with van der Waals surface area (Å²) in [5.74, 6) is -2.46. The predicted molar refractivity (Wildman–Crippen MR) is 144 cm³/mol. The zero-order chi connectivity index (χ0) is 27.6. The number of rotatable bonds is 12. The summed E-state index contributed by atoms with van der Waals surface area (Å²) in [6, 6.07) is 17.4. The van der Waals surface area contributed by atoms with Crippen LogP contribution in [0.5, 0.6) is 0 Å². The maximum absolute atomic E-state index is 12.8. The van der Waals surface area contributed by atoms with Gasteiger partial charge in [0.05, 0.1) is 19.3 Å². The third kappa shape index (κ3) is 8.20. The highest BCUT2D eigenvalue weighted by atomic mass is 35.5. The van der Waals surface area contributed by atoms with Gasteiger partial charge in [-0.15, -0.1) is 0 Å². The summed E-state index contributed by atoms with van der Waals surface area (Å²) in [7, 11) is 0. The highest BCUT2D eigenvalue weighted by Crippen LogP contribution is 2.34. The molecule has 0 amide bonds. The number of hydrogen-bond acceptors (Lipinski definition) is 8. The molecule has 3 atom stereocenters. The molecule has 0 spiro atoms. The van der Waals surface area contributed by atoms with E-state index in [0.29, 0.717) is 43.7 Å². The van der Waals surface area contributed by atoms with Crippen LogP contribution in [0.15, 0.2) is 66.2 Å². The monoisotopic (exact) mass is 556 g/mol. The summed E-state index contributed by atoms with van der Waals surface area (Å²) in [4.78, 5) is 39.6. The molecular weight excluding hydrogens is 524 g/mol. The lowest BCUT2D eigenvalue weighted by Gasteiger charge is -2.34. The lowest BCUT2D eigenvalue weighted by molar-refractivity contribution is -0.202. The van der Waals surface area contributed by atoms with Crippen molar-refractivity contribution in [2.45, 2.75) is 37.8 Å². The fourth-order valence-corrected chi connectivity index (χ4v) is 5.15. The SMILES string of the molecule is O=C/C(=C\C(=O)O)C(=O)OC1OC(CCc2ccccc2Cl)CN1C(CCN1CCOCC1)c1ccccc1. The number of benzene rings is 2. The number of esters is 1. The van der Waals surface area contributed by atoms with E-state index in [9.17, 15) is 14.4 Å². The largest absolute Gasteiger partial charge is 0.478 e. The number of carbonyl (C=O) groups is 3. The Morgan fingerprint density at radius 1 is 1.10 bits per heavy atom. The quantitative estimate of drug-likeness (QED) is 0.138. The minimum Gasteiger partial charge on any atom is -0.478 e. The van der Waals surface area contributed by atoms with E-state index in [1.807, 2.05) is 59.5 Å². The maximum Gasteiger partial charge on any atom is 0.345 e. The average Bonchev–Trinajstić information content (AvgIpc) is 3.34. The Morgan fingerprint density at radius 3 is 2.51 bits per heavy atom. The minimum absolute atomic E-state index is 0.153. The van der Waals surface area contributed by atoms with Gasteiger partial charge < -0.3 is 19.3 Å². The van der Waals surface area contributed by atoms with Crippen LogP contribution in [0.1, 0.15) is 30.0 Å². The van der Waals surface area contributed by atoms with Gasteiger partial charge in [0.25, 0.3) is 6.41 Å². The summed E-state index contributed by atoms with van der Waals surface area (Å²) < 4.78 is 17.3. The number of hydrogen-bond donors (Lipinski definition) is 1. The molecule has 2 aliphatic rings. The molecule has 10 heteroatoms. The van der Waals surface area contributed by atoms with E-state index in [-0.39, 0.29) is 18.4 Å². The average molecular weight is 557 g/mol. The molecule has 0 aromatic heterocycles. The molecule has 1 N–H and O–H groups in total. The topological polar surface area (TPSA) is 106 Å². The van der Waals surface area contributed by atoms with Gasteiger partial charge in [-0.3, -0.25) is 9.69 Å². The van der Waals surface area contributed by atoms with Gasteiger partial charge in [-0.1, -0.05) is 60.1 Å². The first-order valence-corrected chi connectivity index (χ1v) is 13.4. The number of aryl methyl sites for hydroxylation is 1. The van der Waals surface area contributed by atoms with Gasteiger partial charge in [0.2, 0.25) is 0 Å². The van der Waals surface area contributed by atoms with Crippen LogP contribution in [0, 0.1) is 0 Å². The Kier molecular flexibility index (Phi) is 10.6. The Morgan fingerprint density at radius 2 is 1.82 bits per heavy atom. The van der Waals surface area contributed by atoms with Gasteiger partial charge in [0.15, 0.2) is 6.29 Å². The van der Waals surface area contributed by atoms with Crippen molar-refractivity contribution in [3.05, 3.63) is 82.4 Å². The molecule has 0 saturated carbocycles. The van der Waals surface area contributed by atoms with Gasteiger partial charge in [-0.2, -0.15) is 0 Å². The summed E-state index contributed by atoms with van der Waals surface area (Å²) in [6.45, 7) is 4.36. The first kappa shape index (κ1) is 28.9. The number of nitrogens with zero attached hydrogens (tertiary/aromatic N) is 2. The molecular formula is C29H33ClN2O7. The normalized spacial score (nSPS) is 21.4. The molecule has 0 aliphatic carbocycles. The molecule has 2 saturated heterocycles. The summed E-state index contributed by atoms with van der Waals surface area (Å²) >= 11 is 6.35. The highest BCUT2D eigenvalue weighted by Gasteiger charge is 2.40. The number of aldehydes is 1. The van der Waals surface area contributed by atoms with Gasteiger partial charge in [-0.25, -0.2) is 14.5 Å². The highest BCUT2D eigenvalue weighted by molar-refractivity contribution is 6.31. The molecule has 2 aliphatic heterocycles. The predicted octanol–water partition coefficient (Wildman–Crippen LogP) is 3.47. The summed E-state index contributed by atoms with van der Waals surface area (Å²) in [6.07, 6.45) is 1.38. The van der Waals surface area contributed by atoms with Crippen molar-refractivity contribution in [2.24, 2.45) is 0 Å². The molecule has 3 unspecified atom stereocenters. The standard InChI is InChI=1S/C29H33ClN2O7/c30-25-9-5-4-6-21(25)10-11-24-19-32(29(38-24)39-28(36)23(20-33)18-27(34)35)26(22-7-2-1-3-8-22)12-13-31-14-16-37-17-15-31/h1-9,18,20,24,26,29H,10-17,19H2,(H,34,35)/b23-18+. The van der Waals surface area contributed by atoms with Gasteiger partial charge in [-0.05, 0) is 36.5 Å². The fourth-order valence-electron chi connectivity index (χ4n) is 4.92. The van der Waals surface area contributed by atoms with E-state index in [0.717, 1.165) is 37.2 Å². The second-order valence-corrected chi connectivity index (χ2v) is 9.93. The fraction of sp³-hybridized carbons (Fsp3) is 0.414. The van der Waals surface area contributed by atoms with Crippen LogP contribution < -0.4 is 0 Å². The molecule has 39 heavy (non-hydrogen) atoms. The van der Waals surface area contributed by atoms with Crippen LogP contribution in [0.3, 0.4) is 0 Å². The number of carbonyl (C=O) groups excluding carboxylic acids is 2. The lowest BCUT2D eigenvalue weighted by Crippen LogP contribution is -2.41. The van der Waals surface area contributed by atoms with E-state index in [4.69, 9.17) is 30.9 Å². The van der Waals surface area contributed by atoms with Gasteiger partial charge >= 0.3 is 11.9 Å². The Labute approximate surface area is 232 Å². The molecule has 9 nitrogen and oxygen atoms in total. The van der Waals surface area contributed by atoms with Crippen LogP contribution >= 0.6 is 11.6 Å².